The van der Waals surface area contributed by atoms with E-state index >= 15 is 0 Å². The third kappa shape index (κ3) is 3.04. The molecule has 6 rings (SSSR count). The molecule has 0 radical (unpaired) electrons. The van der Waals surface area contributed by atoms with Gasteiger partial charge < -0.3 is 9.13 Å². The second-order valence-corrected chi connectivity index (χ2v) is 13.6. The van der Waals surface area contributed by atoms with Gasteiger partial charge in [-0.1, -0.05) is 27.7 Å². The molecule has 2 aromatic carbocycles. The smallest absolute Gasteiger partial charge is 0.0606 e. The molecule has 0 aliphatic heterocycles. The van der Waals surface area contributed by atoms with E-state index < -0.39 is 0 Å². The quantitative estimate of drug-likeness (QED) is 0.235. The Morgan fingerprint density at radius 1 is 0.618 bits per heavy atom. The van der Waals surface area contributed by atoms with Crippen LogP contribution in [0.2, 0.25) is 0 Å². The van der Waals surface area contributed by atoms with Crippen molar-refractivity contribution in [1.29, 1.82) is 0 Å². The van der Waals surface area contributed by atoms with Crippen LogP contribution < -0.4 is 0 Å². The number of hydrogen-bond acceptors (Lipinski definition) is 2. The molecular formula is C30H34N2S2. The lowest BCUT2D eigenvalue weighted by Gasteiger charge is -2.16. The van der Waals surface area contributed by atoms with Crippen LogP contribution in [0.5, 0.6) is 0 Å². The van der Waals surface area contributed by atoms with Gasteiger partial charge in [-0.2, -0.15) is 0 Å². The maximum Gasteiger partial charge on any atom is 0.0606 e. The van der Waals surface area contributed by atoms with Crippen LogP contribution in [0.15, 0.2) is 24.3 Å². The van der Waals surface area contributed by atoms with E-state index in [4.69, 9.17) is 0 Å². The number of aromatic nitrogens is 2. The summed E-state index contributed by atoms with van der Waals surface area (Å²) >= 11 is 3.91. The van der Waals surface area contributed by atoms with E-state index in [1.54, 1.807) is 0 Å². The first-order valence-electron chi connectivity index (χ1n) is 12.5. The Balaban J connectivity index is 1.87. The normalized spacial score (nSPS) is 12.9. The van der Waals surface area contributed by atoms with E-state index in [0.29, 0.717) is 11.8 Å². The zero-order chi connectivity index (χ0) is 24.0. The van der Waals surface area contributed by atoms with Crippen molar-refractivity contribution in [3.63, 3.8) is 0 Å². The third-order valence-corrected chi connectivity index (χ3v) is 9.24. The van der Waals surface area contributed by atoms with E-state index in [1.165, 1.54) is 73.9 Å². The molecule has 0 spiro atoms. The maximum atomic E-state index is 2.63. The Labute approximate surface area is 209 Å². The Kier molecular flexibility index (Phi) is 4.96. The Bertz CT molecular complexity index is 1620. The lowest BCUT2D eigenvalue weighted by Crippen LogP contribution is -2.05. The van der Waals surface area contributed by atoms with Crippen molar-refractivity contribution in [3.05, 3.63) is 45.1 Å². The summed E-state index contributed by atoms with van der Waals surface area (Å²) in [5.41, 5.74) is 8.50. The number of nitrogens with zero attached hydrogens (tertiary/aromatic N) is 2. The molecule has 0 saturated heterocycles. The Morgan fingerprint density at radius 3 is 1.35 bits per heavy atom. The molecule has 176 valence electrons. The Morgan fingerprint density at radius 2 is 1.00 bits per heavy atom. The van der Waals surface area contributed by atoms with Gasteiger partial charge >= 0.3 is 0 Å². The molecular weight excluding hydrogens is 452 g/mol. The van der Waals surface area contributed by atoms with E-state index in [1.807, 2.05) is 22.7 Å². The second-order valence-electron chi connectivity index (χ2n) is 11.1. The first-order valence-corrected chi connectivity index (χ1v) is 14.2. The monoisotopic (exact) mass is 486 g/mol. The number of fused-ring (bicyclic) bond motifs is 9. The molecule has 0 N–H and O–H groups in total. The molecule has 4 heteroatoms. The fraction of sp³-hybridized carbons (Fsp3) is 0.400. The Hall–Kier alpha value is -2.30. The molecule has 4 heterocycles. The summed E-state index contributed by atoms with van der Waals surface area (Å²) in [6.45, 7) is 20.6. The van der Waals surface area contributed by atoms with Crippen LogP contribution in [0, 0.1) is 39.5 Å². The van der Waals surface area contributed by atoms with Crippen LogP contribution in [-0.2, 0) is 13.1 Å². The lowest BCUT2D eigenvalue weighted by atomic mass is 9.98. The van der Waals surface area contributed by atoms with Crippen molar-refractivity contribution in [1.82, 2.24) is 9.13 Å². The highest BCUT2D eigenvalue weighted by Gasteiger charge is 2.23. The zero-order valence-corrected chi connectivity index (χ0v) is 23.2. The van der Waals surface area contributed by atoms with Gasteiger partial charge in [-0.3, -0.25) is 0 Å². The van der Waals surface area contributed by atoms with Crippen LogP contribution in [0.25, 0.3) is 53.0 Å². The van der Waals surface area contributed by atoms with Gasteiger partial charge in [0.15, 0.2) is 0 Å². The van der Waals surface area contributed by atoms with E-state index in [9.17, 15) is 0 Å². The van der Waals surface area contributed by atoms with Gasteiger partial charge in [-0.15, -0.1) is 22.7 Å². The summed E-state index contributed by atoms with van der Waals surface area (Å²) in [6, 6.07) is 9.78. The standard InChI is InChI=1S/C30H34N2S2/c1-15(2)13-31-23-11-19(7)33-29(23)25-17(5)10-22-21(27(25)31)9-18(6)26-28(22)32(14-16(3)4)24-12-20(8)34-30(24)26/h9-12,15-16H,13-14H2,1-8H3. The average Bonchev–Trinajstić information content (AvgIpc) is 3.44. The molecule has 0 aliphatic carbocycles. The van der Waals surface area contributed by atoms with Crippen molar-refractivity contribution in [2.24, 2.45) is 11.8 Å². The summed E-state index contributed by atoms with van der Waals surface area (Å²) in [5.74, 6) is 1.19. The van der Waals surface area contributed by atoms with Crippen molar-refractivity contribution in [2.75, 3.05) is 0 Å². The molecule has 6 aromatic rings. The van der Waals surface area contributed by atoms with Crippen LogP contribution in [-0.4, -0.2) is 9.13 Å². The molecule has 0 fully saturated rings. The number of thiophene rings is 2. The fourth-order valence-corrected chi connectivity index (χ4v) is 8.26. The minimum atomic E-state index is 0.595. The highest BCUT2D eigenvalue weighted by Crippen LogP contribution is 2.46. The van der Waals surface area contributed by atoms with Crippen molar-refractivity contribution in [2.45, 2.75) is 68.5 Å². The summed E-state index contributed by atoms with van der Waals surface area (Å²) < 4.78 is 8.17. The van der Waals surface area contributed by atoms with Gasteiger partial charge in [0.05, 0.1) is 31.5 Å². The van der Waals surface area contributed by atoms with Crippen LogP contribution in [0.1, 0.15) is 48.6 Å². The van der Waals surface area contributed by atoms with Crippen LogP contribution >= 0.6 is 22.7 Å². The van der Waals surface area contributed by atoms with Crippen LogP contribution in [0.3, 0.4) is 0 Å². The number of hydrogen-bond donors (Lipinski definition) is 0. The van der Waals surface area contributed by atoms with Gasteiger partial charge in [0, 0.05) is 44.4 Å². The first kappa shape index (κ1) is 22.2. The molecule has 0 amide bonds. The minimum Gasteiger partial charge on any atom is -0.339 e. The number of rotatable bonds is 4. The van der Waals surface area contributed by atoms with Gasteiger partial charge in [0.25, 0.3) is 0 Å². The lowest BCUT2D eigenvalue weighted by molar-refractivity contribution is 0.545. The molecule has 0 saturated carbocycles. The van der Waals surface area contributed by atoms with Crippen molar-refractivity contribution < 1.29 is 0 Å². The highest BCUT2D eigenvalue weighted by molar-refractivity contribution is 7.20. The summed E-state index contributed by atoms with van der Waals surface area (Å²) in [4.78, 5) is 2.80. The second kappa shape index (κ2) is 7.60. The molecule has 0 aliphatic rings. The minimum absolute atomic E-state index is 0.595. The van der Waals surface area contributed by atoms with Crippen molar-refractivity contribution >= 4 is 75.7 Å². The number of benzene rings is 2. The molecule has 2 nitrogen and oxygen atoms in total. The first-order chi connectivity index (χ1) is 16.2. The average molecular weight is 487 g/mol. The molecule has 34 heavy (non-hydrogen) atoms. The van der Waals surface area contributed by atoms with Gasteiger partial charge in [-0.25, -0.2) is 0 Å². The van der Waals surface area contributed by atoms with E-state index in [-0.39, 0.29) is 0 Å². The van der Waals surface area contributed by atoms with Gasteiger partial charge in [-0.05, 0) is 74.9 Å². The third-order valence-electron chi connectivity index (χ3n) is 7.13. The van der Waals surface area contributed by atoms with Crippen molar-refractivity contribution in [3.8, 4) is 0 Å². The fourth-order valence-electron chi connectivity index (χ4n) is 6.01. The van der Waals surface area contributed by atoms with Crippen LogP contribution in [0.4, 0.5) is 0 Å². The summed E-state index contributed by atoms with van der Waals surface area (Å²) in [6.07, 6.45) is 0. The summed E-state index contributed by atoms with van der Waals surface area (Å²) in [7, 11) is 0. The largest absolute Gasteiger partial charge is 0.339 e. The summed E-state index contributed by atoms with van der Waals surface area (Å²) in [5, 5.41) is 5.75. The van der Waals surface area contributed by atoms with E-state index in [0.717, 1.165) is 13.1 Å². The van der Waals surface area contributed by atoms with Gasteiger partial charge in [0.1, 0.15) is 0 Å². The predicted molar refractivity (Wildman–Crippen MR) is 154 cm³/mol. The molecule has 0 atom stereocenters. The SMILES string of the molecule is Cc1cc2c(s1)c1c(C)cc3c(cc(C)c4c5sc(C)cc5n(CC(C)C)c34)c1n2CC(C)C. The molecule has 0 bridgehead atoms. The molecule has 0 unspecified atom stereocenters. The van der Waals surface area contributed by atoms with E-state index in [2.05, 4.69) is 88.8 Å². The molecule has 4 aromatic heterocycles. The topological polar surface area (TPSA) is 9.86 Å². The number of aryl methyl sites for hydroxylation is 4. The zero-order valence-electron chi connectivity index (χ0n) is 21.6. The van der Waals surface area contributed by atoms with Gasteiger partial charge in [0.2, 0.25) is 0 Å². The predicted octanol–water partition coefficient (Wildman–Crippen LogP) is 9.72. The highest BCUT2D eigenvalue weighted by atomic mass is 32.1. The maximum absolute atomic E-state index is 2.63.